The SMILES string of the molecule is CCNC(=NCC(=O)Nc1cccc(CC)c1)NC1CCN(Cc2ccccc2)CC1. The van der Waals surface area contributed by atoms with Crippen molar-refractivity contribution in [2.24, 2.45) is 4.99 Å². The van der Waals surface area contributed by atoms with Crippen molar-refractivity contribution in [3.8, 4) is 0 Å². The van der Waals surface area contributed by atoms with E-state index in [0.717, 1.165) is 51.1 Å². The zero-order valence-electron chi connectivity index (χ0n) is 18.7. The van der Waals surface area contributed by atoms with Crippen LogP contribution in [0.15, 0.2) is 59.6 Å². The maximum atomic E-state index is 12.3. The summed E-state index contributed by atoms with van der Waals surface area (Å²) < 4.78 is 0. The van der Waals surface area contributed by atoms with Gasteiger partial charge in [0.15, 0.2) is 5.96 Å². The van der Waals surface area contributed by atoms with Gasteiger partial charge in [0.05, 0.1) is 0 Å². The van der Waals surface area contributed by atoms with Crippen molar-refractivity contribution in [1.29, 1.82) is 0 Å². The van der Waals surface area contributed by atoms with Gasteiger partial charge in [-0.15, -0.1) is 0 Å². The molecule has 1 saturated heterocycles. The number of aryl methyl sites for hydroxylation is 1. The van der Waals surface area contributed by atoms with E-state index in [4.69, 9.17) is 0 Å². The highest BCUT2D eigenvalue weighted by molar-refractivity contribution is 5.94. The van der Waals surface area contributed by atoms with E-state index in [0.29, 0.717) is 12.0 Å². The summed E-state index contributed by atoms with van der Waals surface area (Å²) in [6, 6.07) is 18.9. The highest BCUT2D eigenvalue weighted by atomic mass is 16.1. The third kappa shape index (κ3) is 7.72. The summed E-state index contributed by atoms with van der Waals surface area (Å²) in [7, 11) is 0. The van der Waals surface area contributed by atoms with Gasteiger partial charge >= 0.3 is 0 Å². The molecule has 2 aromatic carbocycles. The number of nitrogens with zero attached hydrogens (tertiary/aromatic N) is 2. The summed E-state index contributed by atoms with van der Waals surface area (Å²) in [6.07, 6.45) is 3.07. The maximum Gasteiger partial charge on any atom is 0.246 e. The minimum Gasteiger partial charge on any atom is -0.357 e. The second kappa shape index (κ2) is 12.1. The number of piperidine rings is 1. The number of likely N-dealkylation sites (tertiary alicyclic amines) is 1. The van der Waals surface area contributed by atoms with Crippen molar-refractivity contribution in [2.75, 3.05) is 31.5 Å². The van der Waals surface area contributed by atoms with Crippen LogP contribution in [-0.2, 0) is 17.8 Å². The van der Waals surface area contributed by atoms with Gasteiger partial charge in [0.2, 0.25) is 5.91 Å². The lowest BCUT2D eigenvalue weighted by molar-refractivity contribution is -0.114. The van der Waals surface area contributed by atoms with Crippen LogP contribution in [0.2, 0.25) is 0 Å². The fourth-order valence-corrected chi connectivity index (χ4v) is 3.81. The summed E-state index contributed by atoms with van der Waals surface area (Å²) in [6.45, 7) is 8.11. The van der Waals surface area contributed by atoms with Gasteiger partial charge in [-0.3, -0.25) is 9.69 Å². The summed E-state index contributed by atoms with van der Waals surface area (Å²) >= 11 is 0. The number of hydrogen-bond donors (Lipinski definition) is 3. The monoisotopic (exact) mass is 421 g/mol. The quantitative estimate of drug-likeness (QED) is 0.451. The Morgan fingerprint density at radius 1 is 1.03 bits per heavy atom. The number of nitrogens with one attached hydrogen (secondary N) is 3. The zero-order valence-corrected chi connectivity index (χ0v) is 18.7. The molecule has 6 heteroatoms. The highest BCUT2D eigenvalue weighted by Gasteiger charge is 2.20. The number of anilines is 1. The summed E-state index contributed by atoms with van der Waals surface area (Å²) in [4.78, 5) is 19.3. The molecule has 6 nitrogen and oxygen atoms in total. The van der Waals surface area contributed by atoms with Crippen LogP contribution < -0.4 is 16.0 Å². The number of amides is 1. The molecule has 2 aromatic rings. The molecule has 1 amide bonds. The zero-order chi connectivity index (χ0) is 21.9. The number of aliphatic imine (C=N–C) groups is 1. The van der Waals surface area contributed by atoms with Crippen LogP contribution in [0.5, 0.6) is 0 Å². The van der Waals surface area contributed by atoms with Crippen LogP contribution in [0.25, 0.3) is 0 Å². The van der Waals surface area contributed by atoms with Gasteiger partial charge in [-0.2, -0.15) is 0 Å². The van der Waals surface area contributed by atoms with E-state index in [2.05, 4.69) is 69.2 Å². The molecule has 3 N–H and O–H groups in total. The van der Waals surface area contributed by atoms with Crippen LogP contribution in [0.3, 0.4) is 0 Å². The van der Waals surface area contributed by atoms with Crippen LogP contribution in [-0.4, -0.2) is 49.0 Å². The van der Waals surface area contributed by atoms with E-state index < -0.39 is 0 Å². The fourth-order valence-electron chi connectivity index (χ4n) is 3.81. The Kier molecular flexibility index (Phi) is 8.91. The van der Waals surface area contributed by atoms with E-state index in [9.17, 15) is 4.79 Å². The van der Waals surface area contributed by atoms with E-state index in [-0.39, 0.29) is 12.5 Å². The van der Waals surface area contributed by atoms with Gasteiger partial charge in [-0.05, 0) is 49.4 Å². The van der Waals surface area contributed by atoms with Gasteiger partial charge in [-0.25, -0.2) is 4.99 Å². The molecule has 0 saturated carbocycles. The molecule has 1 aliphatic rings. The predicted octanol–water partition coefficient (Wildman–Crippen LogP) is 3.41. The molecule has 166 valence electrons. The van der Waals surface area contributed by atoms with Crippen molar-refractivity contribution in [2.45, 2.75) is 45.7 Å². The smallest absolute Gasteiger partial charge is 0.246 e. The standard InChI is InChI=1S/C25H35N5O/c1-3-20-11-8-12-23(17-20)28-24(31)18-27-25(26-4-2)29-22-13-15-30(16-14-22)19-21-9-6-5-7-10-21/h5-12,17,22H,3-4,13-16,18-19H2,1-2H3,(H,28,31)(H2,26,27,29). The lowest BCUT2D eigenvalue weighted by Gasteiger charge is -2.33. The van der Waals surface area contributed by atoms with Crippen molar-refractivity contribution in [3.63, 3.8) is 0 Å². The van der Waals surface area contributed by atoms with Crippen LogP contribution >= 0.6 is 0 Å². The van der Waals surface area contributed by atoms with Gasteiger partial charge in [-0.1, -0.05) is 49.4 Å². The van der Waals surface area contributed by atoms with Crippen LogP contribution in [0.4, 0.5) is 5.69 Å². The molecule has 31 heavy (non-hydrogen) atoms. The average molecular weight is 422 g/mol. The van der Waals surface area contributed by atoms with E-state index in [1.54, 1.807) is 0 Å². The number of carbonyl (C=O) groups excluding carboxylic acids is 1. The van der Waals surface area contributed by atoms with Crippen molar-refractivity contribution < 1.29 is 4.79 Å². The van der Waals surface area contributed by atoms with Crippen LogP contribution in [0.1, 0.15) is 37.8 Å². The number of rotatable bonds is 8. The molecule has 0 atom stereocenters. The largest absolute Gasteiger partial charge is 0.357 e. The minimum absolute atomic E-state index is 0.0958. The Morgan fingerprint density at radius 2 is 1.77 bits per heavy atom. The maximum absolute atomic E-state index is 12.3. The molecule has 1 aliphatic heterocycles. The molecule has 1 heterocycles. The molecule has 0 unspecified atom stereocenters. The second-order valence-corrected chi connectivity index (χ2v) is 7.98. The molecule has 0 aliphatic carbocycles. The van der Waals surface area contributed by atoms with Crippen LogP contribution in [0, 0.1) is 0 Å². The molecular formula is C25H35N5O. The molecular weight excluding hydrogens is 386 g/mol. The first-order chi connectivity index (χ1) is 15.2. The molecule has 1 fully saturated rings. The lowest BCUT2D eigenvalue weighted by atomic mass is 10.0. The lowest BCUT2D eigenvalue weighted by Crippen LogP contribution is -2.48. The molecule has 0 aromatic heterocycles. The van der Waals surface area contributed by atoms with Gasteiger partial charge in [0, 0.05) is 37.9 Å². The van der Waals surface area contributed by atoms with Gasteiger partial charge < -0.3 is 16.0 Å². The average Bonchev–Trinajstić information content (AvgIpc) is 2.80. The predicted molar refractivity (Wildman–Crippen MR) is 128 cm³/mol. The molecule has 3 rings (SSSR count). The Hall–Kier alpha value is -2.86. The first-order valence-electron chi connectivity index (χ1n) is 11.4. The molecule has 0 bridgehead atoms. The number of guanidine groups is 1. The van der Waals surface area contributed by atoms with Gasteiger partial charge in [0.25, 0.3) is 0 Å². The van der Waals surface area contributed by atoms with Gasteiger partial charge in [0.1, 0.15) is 6.54 Å². The van der Waals surface area contributed by atoms with E-state index in [1.165, 1.54) is 11.1 Å². The third-order valence-corrected chi connectivity index (χ3v) is 5.52. The summed E-state index contributed by atoms with van der Waals surface area (Å²) in [5, 5.41) is 9.71. The highest BCUT2D eigenvalue weighted by Crippen LogP contribution is 2.14. The second-order valence-electron chi connectivity index (χ2n) is 7.98. The first kappa shape index (κ1) is 22.8. The molecule has 0 radical (unpaired) electrons. The Bertz CT molecular complexity index is 844. The molecule has 0 spiro atoms. The number of benzene rings is 2. The fraction of sp³-hybridized carbons (Fsp3) is 0.440. The topological polar surface area (TPSA) is 68.8 Å². The normalized spacial score (nSPS) is 15.5. The summed E-state index contributed by atoms with van der Waals surface area (Å²) in [5.41, 5.74) is 3.39. The Morgan fingerprint density at radius 3 is 2.48 bits per heavy atom. The van der Waals surface area contributed by atoms with Crippen molar-refractivity contribution in [1.82, 2.24) is 15.5 Å². The minimum atomic E-state index is -0.108. The number of hydrogen-bond acceptors (Lipinski definition) is 3. The van der Waals surface area contributed by atoms with Crippen molar-refractivity contribution in [3.05, 3.63) is 65.7 Å². The van der Waals surface area contributed by atoms with E-state index >= 15 is 0 Å². The third-order valence-electron chi connectivity index (χ3n) is 5.52. The first-order valence-corrected chi connectivity index (χ1v) is 11.4. The van der Waals surface area contributed by atoms with E-state index in [1.807, 2.05) is 25.1 Å². The Labute approximate surface area is 186 Å². The summed E-state index contributed by atoms with van der Waals surface area (Å²) in [5.74, 6) is 0.601. The number of carbonyl (C=O) groups is 1. The van der Waals surface area contributed by atoms with Crippen molar-refractivity contribution >= 4 is 17.6 Å². The Balaban J connectivity index is 1.46.